The van der Waals surface area contributed by atoms with Gasteiger partial charge >= 0.3 is 0 Å². The van der Waals surface area contributed by atoms with E-state index in [1.807, 2.05) is 23.1 Å². The summed E-state index contributed by atoms with van der Waals surface area (Å²) in [6.45, 7) is 3.49. The molecule has 1 spiro atoms. The highest BCUT2D eigenvalue weighted by molar-refractivity contribution is 5.87. The maximum absolute atomic E-state index is 13.5. The van der Waals surface area contributed by atoms with Crippen molar-refractivity contribution in [3.05, 3.63) is 47.6 Å². The number of ether oxygens (including phenoxy) is 1. The number of nitrogens with zero attached hydrogens (tertiary/aromatic N) is 4. The van der Waals surface area contributed by atoms with E-state index in [9.17, 15) is 4.79 Å². The van der Waals surface area contributed by atoms with Crippen LogP contribution in [-0.2, 0) is 29.0 Å². The molecule has 0 bridgehead atoms. The largest absolute Gasteiger partial charge is 0.384 e. The number of carbonyl (C=O) groups is 1. The molecule has 1 unspecified atom stereocenters. The van der Waals surface area contributed by atoms with Gasteiger partial charge in [-0.15, -0.1) is 0 Å². The number of hydrogen-bond acceptors (Lipinski definition) is 6. The van der Waals surface area contributed by atoms with Gasteiger partial charge in [0.15, 0.2) is 5.82 Å². The van der Waals surface area contributed by atoms with Gasteiger partial charge < -0.3 is 14.2 Å². The summed E-state index contributed by atoms with van der Waals surface area (Å²) >= 11 is 0. The van der Waals surface area contributed by atoms with E-state index >= 15 is 0 Å². The molecule has 2 aliphatic rings. The van der Waals surface area contributed by atoms with Crippen LogP contribution in [0.5, 0.6) is 0 Å². The van der Waals surface area contributed by atoms with Crippen molar-refractivity contribution in [2.24, 2.45) is 0 Å². The molecule has 0 N–H and O–H groups in total. The topological polar surface area (TPSA) is 71.7 Å². The van der Waals surface area contributed by atoms with Gasteiger partial charge in [0.2, 0.25) is 11.8 Å². The molecule has 0 radical (unpaired) electrons. The van der Waals surface area contributed by atoms with Crippen molar-refractivity contribution < 1.29 is 14.1 Å². The first kappa shape index (κ1) is 19.1. The molecule has 4 rings (SSSR count). The second kappa shape index (κ2) is 8.41. The number of piperidine rings is 1. The molecule has 2 aromatic rings. The minimum absolute atomic E-state index is 0.249. The molecule has 7 nitrogen and oxygen atoms in total. The molecule has 1 amide bonds. The Balaban J connectivity index is 1.47. The van der Waals surface area contributed by atoms with Gasteiger partial charge in [-0.25, -0.2) is 0 Å². The summed E-state index contributed by atoms with van der Waals surface area (Å²) in [6.07, 6.45) is 4.49. The minimum atomic E-state index is -0.422. The monoisotopic (exact) mass is 384 g/mol. The van der Waals surface area contributed by atoms with E-state index in [0.29, 0.717) is 37.8 Å². The fourth-order valence-electron chi connectivity index (χ4n) is 4.52. The molecular formula is C21H28N4O3. The first-order valence-electron chi connectivity index (χ1n) is 10.1. The van der Waals surface area contributed by atoms with Crippen molar-refractivity contribution in [1.82, 2.24) is 19.9 Å². The highest BCUT2D eigenvalue weighted by Crippen LogP contribution is 2.39. The number of hydrogen-bond donors (Lipinski definition) is 0. The zero-order valence-corrected chi connectivity index (χ0v) is 16.5. The number of carbonyl (C=O) groups excluding carboxylic acids is 1. The highest BCUT2D eigenvalue weighted by atomic mass is 16.5. The molecule has 3 heterocycles. The van der Waals surface area contributed by atoms with Crippen LogP contribution in [0.25, 0.3) is 0 Å². The van der Waals surface area contributed by atoms with Gasteiger partial charge in [0, 0.05) is 26.6 Å². The first-order chi connectivity index (χ1) is 13.7. The van der Waals surface area contributed by atoms with Crippen molar-refractivity contribution in [3.63, 3.8) is 0 Å². The Morgan fingerprint density at radius 3 is 2.71 bits per heavy atom. The number of benzene rings is 1. The zero-order chi connectivity index (χ0) is 19.4. The second-order valence-electron chi connectivity index (χ2n) is 7.72. The van der Waals surface area contributed by atoms with E-state index in [4.69, 9.17) is 9.26 Å². The summed E-state index contributed by atoms with van der Waals surface area (Å²) in [7, 11) is 1.66. The van der Waals surface area contributed by atoms with E-state index in [-0.39, 0.29) is 5.91 Å². The van der Waals surface area contributed by atoms with E-state index < -0.39 is 5.54 Å². The number of rotatable bonds is 7. The molecule has 150 valence electrons. The van der Waals surface area contributed by atoms with Gasteiger partial charge in [0.25, 0.3) is 0 Å². The Morgan fingerprint density at radius 1 is 1.14 bits per heavy atom. The molecule has 1 atom stereocenters. The molecule has 0 saturated carbocycles. The maximum Gasteiger partial charge on any atom is 0.243 e. The lowest BCUT2D eigenvalue weighted by Crippen LogP contribution is -2.59. The fourth-order valence-corrected chi connectivity index (χ4v) is 4.52. The van der Waals surface area contributed by atoms with Crippen LogP contribution in [-0.4, -0.2) is 58.2 Å². The Kier molecular flexibility index (Phi) is 5.73. The van der Waals surface area contributed by atoms with Crippen molar-refractivity contribution >= 4 is 5.91 Å². The lowest BCUT2D eigenvalue weighted by Gasteiger charge is -2.44. The van der Waals surface area contributed by atoms with Gasteiger partial charge in [-0.05, 0) is 37.8 Å². The molecule has 1 aromatic heterocycles. The summed E-state index contributed by atoms with van der Waals surface area (Å²) in [6, 6.07) is 10.2. The third-order valence-corrected chi connectivity index (χ3v) is 5.91. The molecule has 2 saturated heterocycles. The molecule has 2 aliphatic heterocycles. The molecule has 28 heavy (non-hydrogen) atoms. The van der Waals surface area contributed by atoms with Gasteiger partial charge in [0.1, 0.15) is 5.54 Å². The van der Waals surface area contributed by atoms with Crippen LogP contribution in [0.4, 0.5) is 0 Å². The predicted octanol–water partition coefficient (Wildman–Crippen LogP) is 2.42. The van der Waals surface area contributed by atoms with Gasteiger partial charge in [-0.2, -0.15) is 4.98 Å². The predicted molar refractivity (Wildman–Crippen MR) is 103 cm³/mol. The Hall–Kier alpha value is -2.25. The smallest absolute Gasteiger partial charge is 0.243 e. The summed E-state index contributed by atoms with van der Waals surface area (Å²) in [5.41, 5.74) is 0.755. The van der Waals surface area contributed by atoms with Crippen molar-refractivity contribution in [1.29, 1.82) is 0 Å². The van der Waals surface area contributed by atoms with Crippen LogP contribution in [0.1, 0.15) is 43.0 Å². The van der Waals surface area contributed by atoms with E-state index in [1.165, 1.54) is 5.56 Å². The van der Waals surface area contributed by atoms with Crippen molar-refractivity contribution in [2.45, 2.75) is 50.7 Å². The van der Waals surface area contributed by atoms with E-state index in [0.717, 1.165) is 38.8 Å². The van der Waals surface area contributed by atoms with Crippen molar-refractivity contribution in [3.8, 4) is 0 Å². The van der Waals surface area contributed by atoms with Crippen LogP contribution in [0.3, 0.4) is 0 Å². The quantitative estimate of drug-likeness (QED) is 0.730. The summed E-state index contributed by atoms with van der Waals surface area (Å²) in [5, 5.41) is 4.03. The molecule has 7 heteroatoms. The minimum Gasteiger partial charge on any atom is -0.384 e. The second-order valence-corrected chi connectivity index (χ2v) is 7.72. The van der Waals surface area contributed by atoms with E-state index in [1.54, 1.807) is 7.11 Å². The molecular weight excluding hydrogens is 356 g/mol. The third kappa shape index (κ3) is 3.82. The Bertz CT molecular complexity index is 794. The lowest BCUT2D eigenvalue weighted by atomic mass is 9.85. The highest BCUT2D eigenvalue weighted by Gasteiger charge is 2.51. The Labute approximate surface area is 165 Å². The normalized spacial score (nSPS) is 23.0. The van der Waals surface area contributed by atoms with Gasteiger partial charge in [-0.1, -0.05) is 35.5 Å². The van der Waals surface area contributed by atoms with Crippen LogP contribution >= 0.6 is 0 Å². The number of methoxy groups -OCH3 is 1. The summed E-state index contributed by atoms with van der Waals surface area (Å²) in [4.78, 5) is 22.3. The van der Waals surface area contributed by atoms with Crippen LogP contribution in [0.15, 0.2) is 34.9 Å². The van der Waals surface area contributed by atoms with Gasteiger partial charge in [0.05, 0.1) is 13.2 Å². The maximum atomic E-state index is 13.5. The first-order valence-corrected chi connectivity index (χ1v) is 10.1. The SMILES string of the molecule is COCCc1noc(CN2CCCC23CCCN(Cc2ccccc2)C3=O)n1. The molecule has 1 aromatic carbocycles. The average molecular weight is 384 g/mol. The van der Waals surface area contributed by atoms with Crippen LogP contribution < -0.4 is 0 Å². The fraction of sp³-hybridized carbons (Fsp3) is 0.571. The number of likely N-dealkylation sites (tertiary alicyclic amines) is 2. The summed E-state index contributed by atoms with van der Waals surface area (Å²) < 4.78 is 10.5. The average Bonchev–Trinajstić information content (AvgIpc) is 3.33. The number of aromatic nitrogens is 2. The summed E-state index contributed by atoms with van der Waals surface area (Å²) in [5.74, 6) is 1.49. The standard InChI is InChI=1S/C21H28N4O3/c1-27-14-9-18-22-19(28-23-18)16-25-13-6-11-21(25)10-5-12-24(20(21)26)15-17-7-3-2-4-8-17/h2-4,7-8H,5-6,9-16H2,1H3. The van der Waals surface area contributed by atoms with Crippen molar-refractivity contribution in [2.75, 3.05) is 26.8 Å². The Morgan fingerprint density at radius 2 is 1.93 bits per heavy atom. The van der Waals surface area contributed by atoms with E-state index in [2.05, 4.69) is 27.2 Å². The lowest BCUT2D eigenvalue weighted by molar-refractivity contribution is -0.148. The zero-order valence-electron chi connectivity index (χ0n) is 16.5. The van der Waals surface area contributed by atoms with Gasteiger partial charge in [-0.3, -0.25) is 9.69 Å². The van der Waals surface area contributed by atoms with Crippen LogP contribution in [0.2, 0.25) is 0 Å². The van der Waals surface area contributed by atoms with Crippen LogP contribution in [0, 0.1) is 0 Å². The third-order valence-electron chi connectivity index (χ3n) is 5.91. The number of amides is 1. The molecule has 0 aliphatic carbocycles. The molecule has 2 fully saturated rings.